The van der Waals surface area contributed by atoms with Gasteiger partial charge in [-0.25, -0.2) is 0 Å². The van der Waals surface area contributed by atoms with E-state index in [1.54, 1.807) is 58.2 Å². The highest BCUT2D eigenvalue weighted by Crippen LogP contribution is 2.24. The number of fused-ring (bicyclic) bond motifs is 1. The Kier molecular flexibility index (Phi) is 28.1. The van der Waals surface area contributed by atoms with Crippen molar-refractivity contribution in [3.63, 3.8) is 0 Å². The first-order valence-electron chi connectivity index (χ1n) is 27.7. The molecular formula is C53H82N16O16. The van der Waals surface area contributed by atoms with Gasteiger partial charge in [-0.3, -0.25) is 67.3 Å². The van der Waals surface area contributed by atoms with Gasteiger partial charge in [0.05, 0.1) is 25.5 Å². The topological polar surface area (TPSA) is 540 Å². The molecule has 0 saturated carbocycles. The number of rotatable bonds is 36. The molecule has 1 aromatic heterocycles. The number of nitrogens with zero attached hydrogens (tertiary/aromatic N) is 2. The molecule has 22 N–H and O–H groups in total. The summed E-state index contributed by atoms with van der Waals surface area (Å²) in [7, 11) is 0. The van der Waals surface area contributed by atoms with Crippen LogP contribution in [0.1, 0.15) is 104 Å². The fraction of sp³-hybridized carbons (Fsp3) is 0.585. The number of carboxylic acids is 2. The first-order chi connectivity index (χ1) is 40.0. The van der Waals surface area contributed by atoms with Crippen molar-refractivity contribution in [1.82, 2.24) is 52.4 Å². The van der Waals surface area contributed by atoms with E-state index < -0.39 is 181 Å². The molecule has 3 rings (SSSR count). The number of H-pyrrole nitrogens is 1. The van der Waals surface area contributed by atoms with Gasteiger partial charge in [0.15, 0.2) is 5.96 Å². The zero-order valence-corrected chi connectivity index (χ0v) is 48.1. The number of carbonyl (C=O) groups excluding carboxylic acids is 11. The number of nitrogens with one attached hydrogen (secondary N) is 9. The quantitative estimate of drug-likeness (QED) is 0.0172. The molecule has 1 aliphatic rings. The molecule has 0 aliphatic carbocycles. The Morgan fingerprint density at radius 2 is 1.19 bits per heavy atom. The first-order valence-corrected chi connectivity index (χ1v) is 27.7. The van der Waals surface area contributed by atoms with Crippen LogP contribution in [-0.4, -0.2) is 188 Å². The lowest BCUT2D eigenvalue weighted by Gasteiger charge is -2.33. The van der Waals surface area contributed by atoms with Crippen LogP contribution < -0.4 is 71.2 Å². The highest BCUT2D eigenvalue weighted by Gasteiger charge is 2.42. The number of nitrogens with two attached hydrogens (primary N) is 5. The molecular weight excluding hydrogens is 1120 g/mol. The number of aliphatic hydroxyl groups excluding tert-OH is 1. The highest BCUT2D eigenvalue weighted by molar-refractivity contribution is 6.01. The summed E-state index contributed by atoms with van der Waals surface area (Å²) < 4.78 is 0. The smallest absolute Gasteiger partial charge is 0.325 e. The third-order valence-corrected chi connectivity index (χ3v) is 14.3. The largest absolute Gasteiger partial charge is 0.481 e. The fourth-order valence-corrected chi connectivity index (χ4v) is 9.03. The van der Waals surface area contributed by atoms with E-state index in [0.29, 0.717) is 29.3 Å². The number of hydrogen-bond acceptors (Lipinski definition) is 16. The molecule has 32 heteroatoms. The number of likely N-dealkylation sites (tertiary alicyclic amines) is 1. The van der Waals surface area contributed by atoms with Crippen LogP contribution in [0.3, 0.4) is 0 Å². The predicted octanol–water partition coefficient (Wildman–Crippen LogP) is -5.23. The Hall–Kier alpha value is -8.94. The highest BCUT2D eigenvalue weighted by atomic mass is 16.4. The molecule has 2 heterocycles. The van der Waals surface area contributed by atoms with Gasteiger partial charge in [-0.1, -0.05) is 58.7 Å². The van der Waals surface area contributed by atoms with E-state index in [-0.39, 0.29) is 51.2 Å². The van der Waals surface area contributed by atoms with Crippen LogP contribution in [-0.2, 0) is 68.7 Å². The second kappa shape index (κ2) is 34.0. The number of benzene rings is 1. The molecule has 2 aromatic rings. The molecule has 85 heavy (non-hydrogen) atoms. The van der Waals surface area contributed by atoms with E-state index in [0.717, 1.165) is 6.92 Å². The number of aromatic nitrogens is 1. The molecule has 1 aliphatic heterocycles. The van der Waals surface area contributed by atoms with Crippen LogP contribution in [0.2, 0.25) is 0 Å². The number of carbonyl (C=O) groups is 13. The molecule has 1 fully saturated rings. The van der Waals surface area contributed by atoms with Gasteiger partial charge < -0.3 is 96.4 Å². The number of primary amides is 2. The lowest BCUT2D eigenvalue weighted by Crippen LogP contribution is -2.62. The van der Waals surface area contributed by atoms with Crippen molar-refractivity contribution in [3.05, 3.63) is 36.0 Å². The normalized spacial score (nSPS) is 16.8. The van der Waals surface area contributed by atoms with Crippen LogP contribution >= 0.6 is 0 Å². The summed E-state index contributed by atoms with van der Waals surface area (Å²) in [4.78, 5) is 181. The number of hydrogen-bond donors (Lipinski definition) is 17. The van der Waals surface area contributed by atoms with Crippen molar-refractivity contribution in [3.8, 4) is 0 Å². The average molecular weight is 1200 g/mol. The maximum Gasteiger partial charge on any atom is 0.325 e. The molecule has 470 valence electrons. The van der Waals surface area contributed by atoms with Crippen molar-refractivity contribution in [1.29, 1.82) is 0 Å². The molecule has 32 nitrogen and oxygen atoms in total. The Bertz CT molecular complexity index is 2770. The molecule has 12 atom stereocenters. The Morgan fingerprint density at radius 3 is 1.76 bits per heavy atom. The number of carboxylic acid groups (broad SMARTS) is 2. The summed E-state index contributed by atoms with van der Waals surface area (Å²) in [5, 5.41) is 48.8. The van der Waals surface area contributed by atoms with E-state index >= 15 is 0 Å². The van der Waals surface area contributed by atoms with E-state index in [1.807, 2.05) is 0 Å². The minimum atomic E-state index is -1.83. The van der Waals surface area contributed by atoms with Crippen LogP contribution in [0.4, 0.5) is 0 Å². The van der Waals surface area contributed by atoms with Gasteiger partial charge in [0.2, 0.25) is 65.0 Å². The fourth-order valence-electron chi connectivity index (χ4n) is 9.03. The Morgan fingerprint density at radius 1 is 0.659 bits per heavy atom. The molecule has 0 bridgehead atoms. The third-order valence-electron chi connectivity index (χ3n) is 14.3. The van der Waals surface area contributed by atoms with Crippen molar-refractivity contribution in [2.75, 3.05) is 19.7 Å². The van der Waals surface area contributed by atoms with Gasteiger partial charge in [-0.05, 0) is 62.5 Å². The van der Waals surface area contributed by atoms with Crippen LogP contribution in [0.25, 0.3) is 10.9 Å². The molecule has 0 unspecified atom stereocenters. The van der Waals surface area contributed by atoms with Gasteiger partial charge in [0.25, 0.3) is 0 Å². The van der Waals surface area contributed by atoms with Gasteiger partial charge in [-0.2, -0.15) is 0 Å². The summed E-state index contributed by atoms with van der Waals surface area (Å²) >= 11 is 0. The zero-order chi connectivity index (χ0) is 63.8. The average Bonchev–Trinajstić information content (AvgIpc) is 4.03. The van der Waals surface area contributed by atoms with Crippen molar-refractivity contribution in [2.45, 2.75) is 166 Å². The number of amides is 11. The Balaban J connectivity index is 1.90. The van der Waals surface area contributed by atoms with Gasteiger partial charge in [0, 0.05) is 43.0 Å². The number of aromatic amines is 1. The minimum Gasteiger partial charge on any atom is -0.481 e. The maximum atomic E-state index is 14.7. The number of para-hydroxylation sites is 1. The van der Waals surface area contributed by atoms with E-state index in [1.165, 1.54) is 4.90 Å². The van der Waals surface area contributed by atoms with Crippen molar-refractivity contribution >= 4 is 93.8 Å². The van der Waals surface area contributed by atoms with Crippen molar-refractivity contribution < 1.29 is 77.6 Å². The number of guanidine groups is 1. The molecule has 0 radical (unpaired) electrons. The second-order valence-corrected chi connectivity index (χ2v) is 20.9. The number of aliphatic carboxylic acids is 2. The zero-order valence-electron chi connectivity index (χ0n) is 48.1. The maximum absolute atomic E-state index is 14.7. The van der Waals surface area contributed by atoms with Gasteiger partial charge in [0.1, 0.15) is 54.4 Å². The van der Waals surface area contributed by atoms with Gasteiger partial charge in [-0.15, -0.1) is 0 Å². The summed E-state index contributed by atoms with van der Waals surface area (Å²) in [6, 6.07) is -8.24. The van der Waals surface area contributed by atoms with Crippen LogP contribution in [0.15, 0.2) is 35.5 Å². The third kappa shape index (κ3) is 22.0. The van der Waals surface area contributed by atoms with Crippen molar-refractivity contribution in [2.24, 2.45) is 45.5 Å². The minimum absolute atomic E-state index is 0.0347. The van der Waals surface area contributed by atoms with Crippen LogP contribution in [0.5, 0.6) is 0 Å². The molecule has 11 amide bonds. The SMILES string of the molecule is CC[C@H](C)[C@H](NC(=O)[C@@H](N)CCCN=C(N)N)C(=O)N[C@@H](CC(N)=O)C(=O)N[C@@H](CC(N)=O)C(=O)N[C@H](C(=O)N1CCC[C@H]1C(=O)N[C@@H](Cc1c[nH]c2ccccc12)C(=O)N[C@@H](CO)C(=O)N[C@@H](CCC(=O)O)C(=O)N[C@@H](C)C(=O)O)[C@@H](C)CC. The lowest BCUT2D eigenvalue weighted by molar-refractivity contribution is -0.144. The first kappa shape index (κ1) is 70.3. The summed E-state index contributed by atoms with van der Waals surface area (Å²) in [5.74, 6) is -15.2. The summed E-state index contributed by atoms with van der Waals surface area (Å²) in [6.45, 7) is 6.86. The van der Waals surface area contributed by atoms with E-state index in [4.69, 9.17) is 28.7 Å². The molecule has 1 aromatic carbocycles. The second-order valence-electron chi connectivity index (χ2n) is 20.9. The van der Waals surface area contributed by atoms with E-state index in [2.05, 4.69) is 52.5 Å². The molecule has 0 spiro atoms. The summed E-state index contributed by atoms with van der Waals surface area (Å²) in [5.41, 5.74) is 28.9. The standard InChI is InChI=1S/C53H82N16O16/c1-6-25(3)41(67-43(75)30(54)13-10-18-59-53(57)58)50(82)65-34(21-38(55)71)46(78)63-35(22-39(56)72)47(79)68-42(26(4)7-2)51(83)69-19-11-15-37(69)49(81)64-33(20-28-23-60-31-14-9-8-12-29(28)31)45(77)66-36(24-70)48(80)62-32(16-17-40(73)74)44(76)61-27(5)52(84)85/h8-9,12,14,23,25-27,30,32-37,41-42,60,70H,6-7,10-11,13,15-22,24,54H2,1-5H3,(H2,55,71)(H2,56,72)(H,61,76)(H,62,80)(H,63,78)(H,64,81)(H,65,82)(H,66,77)(H,67,75)(H,68,79)(H,73,74)(H,84,85)(H4,57,58,59)/t25-,26-,27-,30-,32-,33-,34-,35-,36-,37-,41-,42-/m0/s1. The van der Waals surface area contributed by atoms with Gasteiger partial charge >= 0.3 is 11.9 Å². The predicted molar refractivity (Wildman–Crippen MR) is 304 cm³/mol. The van der Waals surface area contributed by atoms with E-state index in [9.17, 15) is 77.6 Å². The van der Waals surface area contributed by atoms with Crippen LogP contribution in [0, 0.1) is 11.8 Å². The lowest BCUT2D eigenvalue weighted by atomic mass is 9.96. The molecule has 1 saturated heterocycles. The monoisotopic (exact) mass is 1200 g/mol. The number of aliphatic hydroxyl groups is 1. The number of aliphatic imine (C=N–C) groups is 1. The Labute approximate surface area is 489 Å². The summed E-state index contributed by atoms with van der Waals surface area (Å²) in [6.07, 6.45) is -0.170.